The van der Waals surface area contributed by atoms with Crippen LogP contribution in [0.4, 0.5) is 0 Å². The largest absolute Gasteiger partial charge is 0.496 e. The van der Waals surface area contributed by atoms with Crippen LogP contribution >= 0.6 is 0 Å². The minimum absolute atomic E-state index is 0.321. The molecule has 0 unspecified atom stereocenters. The van der Waals surface area contributed by atoms with Crippen molar-refractivity contribution in [2.45, 2.75) is 72.1 Å². The van der Waals surface area contributed by atoms with Crippen LogP contribution in [-0.4, -0.2) is 69.1 Å². The Balaban J connectivity index is 2.75. The van der Waals surface area contributed by atoms with Crippen molar-refractivity contribution in [3.05, 3.63) is 22.8 Å². The van der Waals surface area contributed by atoms with Gasteiger partial charge in [-0.2, -0.15) is 0 Å². The Morgan fingerprint density at radius 3 is 1.80 bits per heavy atom. The number of carbonyl (C=O) groups is 4. The van der Waals surface area contributed by atoms with Gasteiger partial charge >= 0.3 is 23.9 Å². The number of hydrogen-bond donors (Lipinski definition) is 0. The normalized spacial score (nSPS) is 23.6. The van der Waals surface area contributed by atoms with Crippen LogP contribution in [0.5, 0.6) is 11.5 Å². The van der Waals surface area contributed by atoms with Crippen molar-refractivity contribution < 1.29 is 52.3 Å². The van der Waals surface area contributed by atoms with Crippen molar-refractivity contribution in [1.82, 2.24) is 0 Å². The molecule has 5 atom stereocenters. The van der Waals surface area contributed by atoms with Gasteiger partial charge in [-0.3, -0.25) is 19.2 Å². The van der Waals surface area contributed by atoms with Crippen molar-refractivity contribution >= 4 is 23.9 Å². The first-order valence-electron chi connectivity index (χ1n) is 10.9. The second-order valence-corrected chi connectivity index (χ2v) is 8.07. The topological polar surface area (TPSA) is 133 Å². The number of rotatable bonds is 8. The molecule has 1 aliphatic rings. The molecule has 0 amide bonds. The lowest BCUT2D eigenvalue weighted by molar-refractivity contribution is -0.254. The third kappa shape index (κ3) is 6.62. The van der Waals surface area contributed by atoms with Gasteiger partial charge in [0.05, 0.1) is 14.2 Å². The van der Waals surface area contributed by atoms with E-state index in [2.05, 4.69) is 0 Å². The predicted molar refractivity (Wildman–Crippen MR) is 120 cm³/mol. The number of methoxy groups -OCH3 is 2. The number of benzene rings is 1. The van der Waals surface area contributed by atoms with Crippen molar-refractivity contribution in [2.24, 2.45) is 0 Å². The molecule has 0 aliphatic carbocycles. The molecule has 0 spiro atoms. The van der Waals surface area contributed by atoms with E-state index in [1.807, 2.05) is 13.8 Å². The third-order valence-electron chi connectivity index (χ3n) is 5.54. The molecule has 1 aliphatic heterocycles. The van der Waals surface area contributed by atoms with Crippen LogP contribution in [0, 0.1) is 13.8 Å². The molecule has 0 N–H and O–H groups in total. The zero-order valence-electron chi connectivity index (χ0n) is 21.2. The van der Waals surface area contributed by atoms with E-state index in [1.54, 1.807) is 6.07 Å². The summed E-state index contributed by atoms with van der Waals surface area (Å²) in [5, 5.41) is 0. The van der Waals surface area contributed by atoms with Crippen LogP contribution in [0.15, 0.2) is 6.07 Å². The number of hydrogen-bond acceptors (Lipinski definition) is 11. The van der Waals surface area contributed by atoms with Crippen molar-refractivity contribution in [3.8, 4) is 11.5 Å². The molecule has 11 heteroatoms. The van der Waals surface area contributed by atoms with Crippen LogP contribution in [0.2, 0.25) is 0 Å². The van der Waals surface area contributed by atoms with Gasteiger partial charge in [0.25, 0.3) is 0 Å². The summed E-state index contributed by atoms with van der Waals surface area (Å²) in [6.07, 6.45) is -5.90. The molecular weight excluding hydrogens is 464 g/mol. The summed E-state index contributed by atoms with van der Waals surface area (Å²) >= 11 is 0. The zero-order chi connectivity index (χ0) is 26.4. The van der Waals surface area contributed by atoms with Crippen LogP contribution < -0.4 is 9.47 Å². The lowest BCUT2D eigenvalue weighted by atomic mass is 9.88. The Kier molecular flexibility index (Phi) is 9.47. The Labute approximate surface area is 203 Å². The van der Waals surface area contributed by atoms with Gasteiger partial charge in [0, 0.05) is 33.3 Å². The second kappa shape index (κ2) is 11.9. The average Bonchev–Trinajstić information content (AvgIpc) is 2.76. The van der Waals surface area contributed by atoms with E-state index in [4.69, 9.17) is 33.2 Å². The Bertz CT molecular complexity index is 971. The Hall–Kier alpha value is -3.34. The van der Waals surface area contributed by atoms with Crippen molar-refractivity contribution in [3.63, 3.8) is 0 Å². The molecule has 11 nitrogen and oxygen atoms in total. The van der Waals surface area contributed by atoms with Crippen LogP contribution in [-0.2, 0) is 42.9 Å². The van der Waals surface area contributed by atoms with Crippen LogP contribution in [0.3, 0.4) is 0 Å². The van der Waals surface area contributed by atoms with Crippen molar-refractivity contribution in [1.29, 1.82) is 0 Å². The van der Waals surface area contributed by atoms with Gasteiger partial charge in [0.1, 0.15) is 30.3 Å². The molecule has 1 saturated heterocycles. The quantitative estimate of drug-likeness (QED) is 0.387. The third-order valence-corrected chi connectivity index (χ3v) is 5.54. The highest BCUT2D eigenvalue weighted by atomic mass is 16.7. The molecule has 0 radical (unpaired) electrons. The van der Waals surface area contributed by atoms with Gasteiger partial charge in [-0.1, -0.05) is 0 Å². The lowest BCUT2D eigenvalue weighted by Gasteiger charge is -2.45. The molecule has 1 heterocycles. The smallest absolute Gasteiger partial charge is 0.303 e. The van der Waals surface area contributed by atoms with Crippen LogP contribution in [0.1, 0.15) is 50.5 Å². The van der Waals surface area contributed by atoms with Gasteiger partial charge in [-0.25, -0.2) is 0 Å². The minimum Gasteiger partial charge on any atom is -0.496 e. The molecule has 2 rings (SSSR count). The first-order chi connectivity index (χ1) is 16.4. The summed E-state index contributed by atoms with van der Waals surface area (Å²) < 4.78 is 39.0. The predicted octanol–water partition coefficient (Wildman–Crippen LogP) is 2.12. The summed E-state index contributed by atoms with van der Waals surface area (Å²) in [6.45, 7) is 8.09. The average molecular weight is 497 g/mol. The fourth-order valence-electron chi connectivity index (χ4n) is 4.06. The zero-order valence-corrected chi connectivity index (χ0v) is 21.2. The van der Waals surface area contributed by atoms with E-state index in [0.717, 1.165) is 18.1 Å². The summed E-state index contributed by atoms with van der Waals surface area (Å²) in [7, 11) is 2.98. The van der Waals surface area contributed by atoms with E-state index in [0.29, 0.717) is 17.1 Å². The van der Waals surface area contributed by atoms with Gasteiger partial charge in [-0.05, 0) is 31.0 Å². The Morgan fingerprint density at radius 1 is 0.771 bits per heavy atom. The lowest BCUT2D eigenvalue weighted by Crippen LogP contribution is -2.59. The van der Waals surface area contributed by atoms with E-state index < -0.39 is 54.4 Å². The number of ether oxygens (including phenoxy) is 7. The second-order valence-electron chi connectivity index (χ2n) is 8.07. The molecule has 35 heavy (non-hydrogen) atoms. The summed E-state index contributed by atoms with van der Waals surface area (Å²) in [6, 6.07) is 1.67. The molecule has 1 aromatic rings. The van der Waals surface area contributed by atoms with Gasteiger partial charge < -0.3 is 33.2 Å². The van der Waals surface area contributed by atoms with Gasteiger partial charge in [0.15, 0.2) is 18.3 Å². The summed E-state index contributed by atoms with van der Waals surface area (Å²) in [4.78, 5) is 47.6. The highest BCUT2D eigenvalue weighted by Crippen LogP contribution is 2.44. The first-order valence-corrected chi connectivity index (χ1v) is 10.9. The monoisotopic (exact) mass is 496 g/mol. The van der Waals surface area contributed by atoms with Crippen molar-refractivity contribution in [2.75, 3.05) is 20.8 Å². The first kappa shape index (κ1) is 27.9. The maximum absolute atomic E-state index is 12.1. The highest BCUT2D eigenvalue weighted by molar-refractivity contribution is 5.69. The van der Waals surface area contributed by atoms with Crippen LogP contribution in [0.25, 0.3) is 0 Å². The minimum atomic E-state index is -1.28. The maximum atomic E-state index is 12.1. The number of esters is 4. The fraction of sp³-hybridized carbons (Fsp3) is 0.583. The Morgan fingerprint density at radius 2 is 1.31 bits per heavy atom. The summed E-state index contributed by atoms with van der Waals surface area (Å²) in [5.74, 6) is -1.73. The molecular formula is C24H32O11. The molecule has 1 fully saturated rings. The molecule has 0 saturated carbocycles. The SMILES string of the molecule is COc1cc([C@@H]2O[C@H](COC(C)=O)[C@@H](OC(C)=O)[C@H](OC(C)=O)[C@H]2OC(C)=O)c(OC)c(C)c1C. The highest BCUT2D eigenvalue weighted by Gasteiger charge is 2.53. The van der Waals surface area contributed by atoms with Gasteiger partial charge in [-0.15, -0.1) is 0 Å². The van der Waals surface area contributed by atoms with E-state index in [1.165, 1.54) is 35.0 Å². The standard InChI is InChI=1S/C24H32O11/c1-11-12(2)20(30-8)17(9-18(11)29-7)21-23(33-15(5)27)24(34-16(6)28)22(32-14(4)26)19(35-21)10-31-13(3)25/h9,19,21-24H,10H2,1-8H3/t19-,21+,22-,23+,24+/m1/s1. The molecule has 1 aromatic carbocycles. The molecule has 194 valence electrons. The summed E-state index contributed by atoms with van der Waals surface area (Å²) in [5.41, 5.74) is 2.00. The molecule has 0 aromatic heterocycles. The van der Waals surface area contributed by atoms with E-state index in [9.17, 15) is 19.2 Å². The fourth-order valence-corrected chi connectivity index (χ4v) is 4.06. The van der Waals surface area contributed by atoms with E-state index in [-0.39, 0.29) is 6.61 Å². The van der Waals surface area contributed by atoms with E-state index >= 15 is 0 Å². The number of carbonyl (C=O) groups excluding carboxylic acids is 4. The van der Waals surface area contributed by atoms with Gasteiger partial charge in [0.2, 0.25) is 0 Å². The maximum Gasteiger partial charge on any atom is 0.303 e. The molecule has 0 bridgehead atoms.